The SMILES string of the molecule is CCC(C)C(=O)OC12CC(F)(F)C(O)(C(F)(F)F)OC1(C(F)(F)F)C2(F)F. The minimum atomic E-state index is -6.57. The van der Waals surface area contributed by atoms with Gasteiger partial charge in [0.15, 0.2) is 0 Å². The number of hydrogen-bond acceptors (Lipinski definition) is 4. The average Bonchev–Trinajstić information content (AvgIpc) is 2.86. The molecule has 2 fully saturated rings. The van der Waals surface area contributed by atoms with Crippen LogP contribution in [0.5, 0.6) is 0 Å². The monoisotopic (exact) mass is 422 g/mol. The van der Waals surface area contributed by atoms with Gasteiger partial charge in [-0.15, -0.1) is 0 Å². The molecule has 1 aliphatic heterocycles. The van der Waals surface area contributed by atoms with E-state index in [1.807, 2.05) is 0 Å². The van der Waals surface area contributed by atoms with Crippen molar-refractivity contribution in [2.24, 2.45) is 5.92 Å². The molecular formula is C13H12F10O4. The van der Waals surface area contributed by atoms with Gasteiger partial charge in [0.05, 0.1) is 12.3 Å². The normalized spacial score (nSPS) is 38.7. The highest BCUT2D eigenvalue weighted by Crippen LogP contribution is 2.79. The third kappa shape index (κ3) is 2.34. The van der Waals surface area contributed by atoms with Crippen LogP contribution in [0.1, 0.15) is 26.7 Å². The van der Waals surface area contributed by atoms with Crippen LogP contribution in [-0.4, -0.2) is 52.3 Å². The van der Waals surface area contributed by atoms with Crippen molar-refractivity contribution in [3.05, 3.63) is 0 Å². The first kappa shape index (κ1) is 22.0. The summed E-state index contributed by atoms with van der Waals surface area (Å²) < 4.78 is 142. The fraction of sp³-hybridized carbons (Fsp3) is 0.923. The molecule has 4 atom stereocenters. The second-order valence-corrected chi connectivity index (χ2v) is 6.44. The molecular weight excluding hydrogens is 410 g/mol. The molecule has 1 N–H and O–H groups in total. The summed E-state index contributed by atoms with van der Waals surface area (Å²) in [6.07, 6.45) is -16.1. The maximum atomic E-state index is 14.2. The molecule has 0 spiro atoms. The van der Waals surface area contributed by atoms with Crippen molar-refractivity contribution in [1.29, 1.82) is 0 Å². The van der Waals surface area contributed by atoms with Crippen LogP contribution in [0, 0.1) is 5.92 Å². The predicted molar refractivity (Wildman–Crippen MR) is 63.7 cm³/mol. The van der Waals surface area contributed by atoms with Crippen molar-refractivity contribution in [3.8, 4) is 0 Å². The minimum Gasteiger partial charge on any atom is -0.448 e. The number of esters is 1. The van der Waals surface area contributed by atoms with Gasteiger partial charge in [-0.1, -0.05) is 13.8 Å². The van der Waals surface area contributed by atoms with Gasteiger partial charge in [0, 0.05) is 0 Å². The summed E-state index contributed by atoms with van der Waals surface area (Å²) in [5.74, 6) is -20.2. The Bertz CT molecular complexity index is 644. The van der Waals surface area contributed by atoms with Crippen LogP contribution < -0.4 is 0 Å². The van der Waals surface area contributed by atoms with Gasteiger partial charge in [0.1, 0.15) is 0 Å². The Morgan fingerprint density at radius 2 is 1.59 bits per heavy atom. The number of hydrogen-bond donors (Lipinski definition) is 1. The van der Waals surface area contributed by atoms with Crippen molar-refractivity contribution >= 4 is 5.97 Å². The fourth-order valence-electron chi connectivity index (χ4n) is 2.94. The van der Waals surface area contributed by atoms with Gasteiger partial charge in [-0.05, 0) is 6.42 Å². The van der Waals surface area contributed by atoms with Gasteiger partial charge in [0.25, 0.3) is 5.60 Å². The van der Waals surface area contributed by atoms with E-state index in [0.717, 1.165) is 6.92 Å². The van der Waals surface area contributed by atoms with E-state index >= 15 is 0 Å². The van der Waals surface area contributed by atoms with Crippen LogP contribution in [0.15, 0.2) is 0 Å². The van der Waals surface area contributed by atoms with Crippen molar-refractivity contribution in [3.63, 3.8) is 0 Å². The Kier molecular flexibility index (Phi) is 4.39. The van der Waals surface area contributed by atoms with Crippen molar-refractivity contribution in [1.82, 2.24) is 0 Å². The number of alkyl halides is 10. The lowest BCUT2D eigenvalue weighted by Crippen LogP contribution is -2.70. The molecule has 2 aliphatic rings. The predicted octanol–water partition coefficient (Wildman–Crippen LogP) is 3.57. The first-order chi connectivity index (χ1) is 11.8. The van der Waals surface area contributed by atoms with Gasteiger partial charge in [-0.25, -0.2) is 8.78 Å². The van der Waals surface area contributed by atoms with E-state index < -0.39 is 59.5 Å². The van der Waals surface area contributed by atoms with Crippen molar-refractivity contribution in [2.75, 3.05) is 0 Å². The molecule has 0 radical (unpaired) electrons. The summed E-state index contributed by atoms with van der Waals surface area (Å²) in [6.45, 7) is 2.31. The van der Waals surface area contributed by atoms with E-state index in [4.69, 9.17) is 5.11 Å². The van der Waals surface area contributed by atoms with Crippen LogP contribution >= 0.6 is 0 Å². The summed E-state index contributed by atoms with van der Waals surface area (Å²) in [5.41, 5.74) is -9.75. The van der Waals surface area contributed by atoms with E-state index in [1.165, 1.54) is 6.92 Å². The molecule has 0 bridgehead atoms. The third-order valence-corrected chi connectivity index (χ3v) is 4.80. The molecule has 0 aromatic carbocycles. The van der Waals surface area contributed by atoms with Crippen LogP contribution in [0.4, 0.5) is 43.9 Å². The first-order valence-corrected chi connectivity index (χ1v) is 7.32. The number of ether oxygens (including phenoxy) is 2. The molecule has 4 nitrogen and oxygen atoms in total. The first-order valence-electron chi connectivity index (χ1n) is 7.32. The van der Waals surface area contributed by atoms with Gasteiger partial charge in [0.2, 0.25) is 5.60 Å². The van der Waals surface area contributed by atoms with Gasteiger partial charge < -0.3 is 14.6 Å². The minimum absolute atomic E-state index is 0.150. The highest BCUT2D eigenvalue weighted by molar-refractivity contribution is 5.74. The topological polar surface area (TPSA) is 55.8 Å². The highest BCUT2D eigenvalue weighted by atomic mass is 19.4. The lowest BCUT2D eigenvalue weighted by molar-refractivity contribution is -0.484. The maximum absolute atomic E-state index is 14.2. The fourth-order valence-corrected chi connectivity index (χ4v) is 2.94. The Balaban J connectivity index is 2.67. The number of carbonyl (C=O) groups is 1. The lowest BCUT2D eigenvalue weighted by Gasteiger charge is -2.44. The number of halogens is 10. The van der Waals surface area contributed by atoms with E-state index in [0.29, 0.717) is 0 Å². The molecule has 158 valence electrons. The molecule has 4 unspecified atom stereocenters. The lowest BCUT2D eigenvalue weighted by atomic mass is 9.93. The van der Waals surface area contributed by atoms with Gasteiger partial charge in [-0.3, -0.25) is 4.79 Å². The Hall–Kier alpha value is -1.31. The summed E-state index contributed by atoms with van der Waals surface area (Å²) in [4.78, 5) is 11.7. The van der Waals surface area contributed by atoms with Crippen LogP contribution in [0.3, 0.4) is 0 Å². The molecule has 1 heterocycles. The molecule has 0 aromatic rings. The van der Waals surface area contributed by atoms with E-state index in [-0.39, 0.29) is 6.42 Å². The van der Waals surface area contributed by atoms with Crippen molar-refractivity contribution in [2.45, 2.75) is 67.9 Å². The molecule has 14 heteroatoms. The zero-order valence-electron chi connectivity index (χ0n) is 13.4. The Morgan fingerprint density at radius 1 is 1.11 bits per heavy atom. The van der Waals surface area contributed by atoms with Gasteiger partial charge >= 0.3 is 36.0 Å². The molecule has 0 amide bonds. The average molecular weight is 422 g/mol. The molecule has 0 aromatic heterocycles. The standard InChI is InChI=1S/C13H12F10O4/c1-3-5(2)6(24)26-7-4-8(14,15)11(25,13(21,22)23)27-9(7,10(7,16)17)12(18,19)20/h5,25H,3-4H2,1-2H3. The molecule has 27 heavy (non-hydrogen) atoms. The number of aliphatic hydroxyl groups is 1. The third-order valence-electron chi connectivity index (χ3n) is 4.80. The second kappa shape index (κ2) is 5.39. The zero-order valence-corrected chi connectivity index (χ0v) is 13.4. The van der Waals surface area contributed by atoms with E-state index in [1.54, 1.807) is 0 Å². The Labute approximate surface area is 144 Å². The van der Waals surface area contributed by atoms with Crippen LogP contribution in [0.25, 0.3) is 0 Å². The number of rotatable bonds is 3. The maximum Gasteiger partial charge on any atom is 0.449 e. The van der Waals surface area contributed by atoms with Crippen LogP contribution in [0.2, 0.25) is 0 Å². The highest BCUT2D eigenvalue weighted by Gasteiger charge is 3.10. The molecule has 1 saturated carbocycles. The Morgan fingerprint density at radius 3 is 1.96 bits per heavy atom. The molecule has 1 aliphatic carbocycles. The van der Waals surface area contributed by atoms with E-state index in [9.17, 15) is 48.7 Å². The number of carbonyl (C=O) groups excluding carboxylic acids is 1. The number of fused-ring (bicyclic) bond motifs is 1. The molecule has 1 saturated heterocycles. The van der Waals surface area contributed by atoms with Gasteiger partial charge in [-0.2, -0.15) is 35.1 Å². The van der Waals surface area contributed by atoms with Crippen LogP contribution in [-0.2, 0) is 14.3 Å². The quantitative estimate of drug-likeness (QED) is 0.558. The second-order valence-electron chi connectivity index (χ2n) is 6.44. The zero-order chi connectivity index (χ0) is 21.5. The summed E-state index contributed by atoms with van der Waals surface area (Å²) in [5, 5.41) is 9.13. The van der Waals surface area contributed by atoms with E-state index in [2.05, 4.69) is 9.47 Å². The smallest absolute Gasteiger partial charge is 0.448 e. The molecule has 2 rings (SSSR count). The summed E-state index contributed by atoms with van der Waals surface area (Å²) >= 11 is 0. The summed E-state index contributed by atoms with van der Waals surface area (Å²) in [6, 6.07) is 0. The summed E-state index contributed by atoms with van der Waals surface area (Å²) in [7, 11) is 0. The van der Waals surface area contributed by atoms with Crippen molar-refractivity contribution < 1.29 is 63.3 Å². The largest absolute Gasteiger partial charge is 0.449 e.